The molecule has 1 saturated heterocycles. The predicted octanol–water partition coefficient (Wildman–Crippen LogP) is 1.99. The number of carbonyl (C=O) groups is 1. The number of alkyl halides is 2. The van der Waals surface area contributed by atoms with Gasteiger partial charge in [-0.2, -0.15) is 0 Å². The van der Waals surface area contributed by atoms with Crippen LogP contribution in [0.25, 0.3) is 0 Å². The van der Waals surface area contributed by atoms with E-state index in [0.717, 1.165) is 9.87 Å². The second-order valence-corrected chi connectivity index (χ2v) is 7.14. The van der Waals surface area contributed by atoms with E-state index < -0.39 is 21.3 Å². The number of rotatable bonds is 3. The number of benzene rings is 1. The van der Waals surface area contributed by atoms with E-state index in [4.69, 9.17) is 23.2 Å². The summed E-state index contributed by atoms with van der Waals surface area (Å²) in [6, 6.07) is 6.33. The number of hydrogen-bond acceptors (Lipinski definition) is 3. The molecule has 0 spiro atoms. The first-order valence-electron chi connectivity index (χ1n) is 5.71. The Morgan fingerprint density at radius 1 is 1.32 bits per heavy atom. The quantitative estimate of drug-likeness (QED) is 0.800. The van der Waals surface area contributed by atoms with Crippen molar-refractivity contribution in [1.82, 2.24) is 4.31 Å². The molecule has 0 radical (unpaired) electrons. The zero-order chi connectivity index (χ0) is 14.2. The molecule has 0 bridgehead atoms. The average Bonchev–Trinajstić information content (AvgIpc) is 2.67. The van der Waals surface area contributed by atoms with Gasteiger partial charge in [-0.25, -0.2) is 12.7 Å². The van der Waals surface area contributed by atoms with Crippen LogP contribution in [0.3, 0.4) is 0 Å². The fourth-order valence-electron chi connectivity index (χ4n) is 1.92. The molecule has 0 saturated carbocycles. The third-order valence-electron chi connectivity index (χ3n) is 3.10. The molecule has 2 atom stereocenters. The van der Waals surface area contributed by atoms with Crippen molar-refractivity contribution in [2.24, 2.45) is 5.92 Å². The van der Waals surface area contributed by atoms with E-state index in [1.54, 1.807) is 12.1 Å². The molecule has 1 heterocycles. The molecular formula is C12H13Cl2NO3S. The summed E-state index contributed by atoms with van der Waals surface area (Å²) in [7, 11) is -3.84. The number of sulfonamides is 1. The van der Waals surface area contributed by atoms with Crippen LogP contribution in [0.2, 0.25) is 0 Å². The lowest BCUT2D eigenvalue weighted by molar-refractivity contribution is -0.123. The molecule has 7 heteroatoms. The molecule has 2 unspecified atom stereocenters. The van der Waals surface area contributed by atoms with Gasteiger partial charge in [-0.3, -0.25) is 4.79 Å². The van der Waals surface area contributed by atoms with E-state index in [1.165, 1.54) is 12.1 Å². The first-order valence-corrected chi connectivity index (χ1v) is 8.12. The normalized spacial score (nSPS) is 23.9. The van der Waals surface area contributed by atoms with Gasteiger partial charge in [0.15, 0.2) is 0 Å². The maximum Gasteiger partial charge on any atom is 0.266 e. The largest absolute Gasteiger partial charge is 0.272 e. The van der Waals surface area contributed by atoms with Crippen molar-refractivity contribution in [1.29, 1.82) is 0 Å². The monoisotopic (exact) mass is 321 g/mol. The maximum absolute atomic E-state index is 12.4. The van der Waals surface area contributed by atoms with Gasteiger partial charge in [0.25, 0.3) is 15.9 Å². The maximum atomic E-state index is 12.4. The van der Waals surface area contributed by atoms with Gasteiger partial charge in [0.2, 0.25) is 0 Å². The van der Waals surface area contributed by atoms with Crippen molar-refractivity contribution in [3.8, 4) is 0 Å². The van der Waals surface area contributed by atoms with Gasteiger partial charge >= 0.3 is 0 Å². The molecule has 2 rings (SSSR count). The number of carbonyl (C=O) groups excluding carboxylic acids is 1. The Kier molecular flexibility index (Phi) is 4.08. The van der Waals surface area contributed by atoms with Gasteiger partial charge in [0, 0.05) is 18.3 Å². The molecule has 1 aliphatic rings. The summed E-state index contributed by atoms with van der Waals surface area (Å²) in [5.74, 6) is -0.802. The Balaban J connectivity index is 2.36. The van der Waals surface area contributed by atoms with Gasteiger partial charge < -0.3 is 0 Å². The van der Waals surface area contributed by atoms with Gasteiger partial charge in [0.05, 0.1) is 4.90 Å². The summed E-state index contributed by atoms with van der Waals surface area (Å²) in [6.45, 7) is 1.89. The second kappa shape index (κ2) is 5.31. The first-order chi connectivity index (χ1) is 8.87. The lowest BCUT2D eigenvalue weighted by Gasteiger charge is -2.16. The molecule has 1 fully saturated rings. The highest BCUT2D eigenvalue weighted by Crippen LogP contribution is 2.29. The fraction of sp³-hybridized carbons (Fsp3) is 0.417. The Morgan fingerprint density at radius 2 is 1.89 bits per heavy atom. The number of nitrogens with zero attached hydrogens (tertiary/aromatic N) is 1. The zero-order valence-electron chi connectivity index (χ0n) is 10.2. The molecule has 1 amide bonds. The van der Waals surface area contributed by atoms with E-state index in [2.05, 4.69) is 0 Å². The minimum absolute atomic E-state index is 0.0344. The van der Waals surface area contributed by atoms with Crippen LogP contribution >= 0.6 is 23.2 Å². The van der Waals surface area contributed by atoms with Crippen molar-refractivity contribution >= 4 is 39.1 Å². The number of aryl methyl sites for hydroxylation is 1. The Hall–Kier alpha value is -0.780. The van der Waals surface area contributed by atoms with E-state index in [-0.39, 0.29) is 23.2 Å². The van der Waals surface area contributed by atoms with Gasteiger partial charge in [0.1, 0.15) is 5.38 Å². The third kappa shape index (κ3) is 2.59. The Labute approximate surface area is 122 Å². The van der Waals surface area contributed by atoms with E-state index >= 15 is 0 Å². The van der Waals surface area contributed by atoms with Crippen molar-refractivity contribution in [3.05, 3.63) is 29.8 Å². The topological polar surface area (TPSA) is 54.5 Å². The summed E-state index contributed by atoms with van der Waals surface area (Å²) >= 11 is 11.6. The minimum atomic E-state index is -3.84. The van der Waals surface area contributed by atoms with Crippen LogP contribution in [0.1, 0.15) is 5.56 Å². The highest BCUT2D eigenvalue weighted by Gasteiger charge is 2.44. The average molecular weight is 322 g/mol. The number of hydrogen-bond donors (Lipinski definition) is 0. The predicted molar refractivity (Wildman–Crippen MR) is 73.9 cm³/mol. The highest BCUT2D eigenvalue weighted by molar-refractivity contribution is 7.89. The smallest absolute Gasteiger partial charge is 0.266 e. The lowest BCUT2D eigenvalue weighted by Crippen LogP contribution is -2.34. The van der Waals surface area contributed by atoms with Crippen molar-refractivity contribution < 1.29 is 13.2 Å². The minimum Gasteiger partial charge on any atom is -0.272 e. The van der Waals surface area contributed by atoms with E-state index in [9.17, 15) is 13.2 Å². The first kappa shape index (κ1) is 14.6. The summed E-state index contributed by atoms with van der Waals surface area (Å²) in [5.41, 5.74) is 0.945. The van der Waals surface area contributed by atoms with Crippen molar-refractivity contribution in [2.45, 2.75) is 17.2 Å². The van der Waals surface area contributed by atoms with E-state index in [0.29, 0.717) is 0 Å². The fourth-order valence-corrected chi connectivity index (χ4v) is 4.10. The molecule has 0 N–H and O–H groups in total. The van der Waals surface area contributed by atoms with Crippen LogP contribution in [0.15, 0.2) is 29.2 Å². The molecule has 0 aromatic heterocycles. The molecular weight excluding hydrogens is 309 g/mol. The molecule has 4 nitrogen and oxygen atoms in total. The molecule has 1 aliphatic heterocycles. The Bertz CT molecular complexity index is 585. The molecule has 1 aromatic carbocycles. The van der Waals surface area contributed by atoms with Crippen LogP contribution in [0.4, 0.5) is 0 Å². The van der Waals surface area contributed by atoms with Gasteiger partial charge in [-0.1, -0.05) is 17.7 Å². The van der Waals surface area contributed by atoms with E-state index in [1.807, 2.05) is 6.92 Å². The summed E-state index contributed by atoms with van der Waals surface area (Å²) in [6.07, 6.45) is 0. The summed E-state index contributed by atoms with van der Waals surface area (Å²) in [4.78, 5) is 12.0. The van der Waals surface area contributed by atoms with Gasteiger partial charge in [-0.05, 0) is 19.1 Å². The van der Waals surface area contributed by atoms with Crippen LogP contribution in [-0.2, 0) is 14.8 Å². The summed E-state index contributed by atoms with van der Waals surface area (Å²) in [5, 5.41) is -0.877. The second-order valence-electron chi connectivity index (χ2n) is 4.50. The zero-order valence-corrected chi connectivity index (χ0v) is 12.5. The Morgan fingerprint density at radius 3 is 2.37 bits per heavy atom. The van der Waals surface area contributed by atoms with Crippen LogP contribution < -0.4 is 0 Å². The number of amides is 1. The highest BCUT2D eigenvalue weighted by atomic mass is 35.5. The van der Waals surface area contributed by atoms with Crippen LogP contribution in [-0.4, -0.2) is 36.4 Å². The van der Waals surface area contributed by atoms with Crippen molar-refractivity contribution in [2.75, 3.05) is 12.4 Å². The van der Waals surface area contributed by atoms with Crippen LogP contribution in [0.5, 0.6) is 0 Å². The standard InChI is InChI=1S/C12H13Cl2NO3S/c1-8-2-4-10(5-3-8)19(17,18)15-7-9(6-13)11(14)12(15)16/h2-5,9,11H,6-7H2,1H3. The van der Waals surface area contributed by atoms with Crippen LogP contribution in [0, 0.1) is 12.8 Å². The molecule has 19 heavy (non-hydrogen) atoms. The lowest BCUT2D eigenvalue weighted by atomic mass is 10.1. The SMILES string of the molecule is Cc1ccc(S(=O)(=O)N2CC(CCl)C(Cl)C2=O)cc1. The molecule has 0 aliphatic carbocycles. The number of halogens is 2. The molecule has 1 aromatic rings. The molecule has 104 valence electrons. The third-order valence-corrected chi connectivity index (χ3v) is 5.82. The summed E-state index contributed by atoms with van der Waals surface area (Å²) < 4.78 is 25.6. The van der Waals surface area contributed by atoms with Gasteiger partial charge in [-0.15, -0.1) is 23.2 Å². The van der Waals surface area contributed by atoms with Crippen molar-refractivity contribution in [3.63, 3.8) is 0 Å².